The number of ether oxygens (including phenoxy) is 1. The third-order valence-electron chi connectivity index (χ3n) is 2.01. The Morgan fingerprint density at radius 2 is 1.87 bits per heavy atom. The van der Waals surface area contributed by atoms with Gasteiger partial charge in [0.2, 0.25) is 0 Å². The maximum Gasteiger partial charge on any atom is 0.410 e. The standard InChI is InChI=1S/C10H19N2O3/c1-6-15-9(14)12(5)7(8(11)13)10(2,3)4/h7,11H,6H2,1-5H3. The number of nitrogens with zero attached hydrogens (tertiary/aromatic N) is 1. The average molecular weight is 215 g/mol. The fraction of sp³-hybridized carbons (Fsp3) is 0.800. The number of likely N-dealkylation sites (N-methyl/N-ethyl adjacent to an activating group) is 1. The second kappa shape index (κ2) is 5.00. The van der Waals surface area contributed by atoms with Crippen molar-refractivity contribution in [1.29, 1.82) is 0 Å². The topological polar surface area (TPSA) is 70.4 Å². The minimum absolute atomic E-state index is 0.256. The fourth-order valence-electron chi connectivity index (χ4n) is 1.48. The molecule has 0 fully saturated rings. The van der Waals surface area contributed by atoms with E-state index in [1.165, 1.54) is 11.9 Å². The zero-order valence-electron chi connectivity index (χ0n) is 9.96. The molecule has 0 bridgehead atoms. The van der Waals surface area contributed by atoms with Crippen LogP contribution in [0.2, 0.25) is 0 Å². The Kier molecular flexibility index (Phi) is 4.58. The first-order chi connectivity index (χ1) is 6.71. The summed E-state index contributed by atoms with van der Waals surface area (Å²) in [5.41, 5.74) is 6.69. The lowest BCUT2D eigenvalue weighted by atomic mass is 9.85. The molecule has 1 unspecified atom stereocenters. The summed E-state index contributed by atoms with van der Waals surface area (Å²) in [5.74, 6) is -0.780. The van der Waals surface area contributed by atoms with Crippen LogP contribution in [-0.4, -0.2) is 36.6 Å². The minimum atomic E-state index is -0.781. The molecule has 0 aromatic heterocycles. The van der Waals surface area contributed by atoms with Gasteiger partial charge in [0.25, 0.3) is 5.91 Å². The molecule has 0 saturated carbocycles. The van der Waals surface area contributed by atoms with E-state index in [-0.39, 0.29) is 6.61 Å². The molecule has 0 aromatic carbocycles. The van der Waals surface area contributed by atoms with Crippen LogP contribution in [-0.2, 0) is 9.53 Å². The van der Waals surface area contributed by atoms with Gasteiger partial charge in [-0.05, 0) is 12.3 Å². The van der Waals surface area contributed by atoms with E-state index < -0.39 is 23.5 Å². The van der Waals surface area contributed by atoms with E-state index in [1.54, 1.807) is 27.7 Å². The highest BCUT2D eigenvalue weighted by Crippen LogP contribution is 2.24. The zero-order valence-corrected chi connectivity index (χ0v) is 9.96. The largest absolute Gasteiger partial charge is 0.450 e. The van der Waals surface area contributed by atoms with Gasteiger partial charge in [0.1, 0.15) is 6.04 Å². The molecule has 0 heterocycles. The van der Waals surface area contributed by atoms with Gasteiger partial charge in [0.05, 0.1) is 6.61 Å². The number of nitrogens with one attached hydrogen (secondary N) is 1. The Bertz CT molecular complexity index is 246. The number of carbonyl (C=O) groups is 2. The monoisotopic (exact) mass is 215 g/mol. The lowest BCUT2D eigenvalue weighted by Gasteiger charge is -2.34. The van der Waals surface area contributed by atoms with Crippen LogP contribution >= 0.6 is 0 Å². The van der Waals surface area contributed by atoms with Gasteiger partial charge in [-0.2, -0.15) is 0 Å². The third-order valence-corrected chi connectivity index (χ3v) is 2.01. The second-order valence-electron chi connectivity index (χ2n) is 4.44. The van der Waals surface area contributed by atoms with Crippen LogP contribution in [0.3, 0.4) is 0 Å². The second-order valence-corrected chi connectivity index (χ2v) is 4.44. The highest BCUT2D eigenvalue weighted by molar-refractivity contribution is 5.84. The first-order valence-corrected chi connectivity index (χ1v) is 4.86. The normalized spacial score (nSPS) is 13.1. The van der Waals surface area contributed by atoms with E-state index in [0.717, 1.165) is 0 Å². The molecule has 0 aliphatic rings. The first kappa shape index (κ1) is 13.7. The summed E-state index contributed by atoms with van der Waals surface area (Å²) in [6, 6.07) is -0.781. The van der Waals surface area contributed by atoms with Gasteiger partial charge >= 0.3 is 6.09 Å². The Morgan fingerprint density at radius 3 is 2.13 bits per heavy atom. The van der Waals surface area contributed by atoms with Crippen molar-refractivity contribution in [2.75, 3.05) is 13.7 Å². The molecule has 1 radical (unpaired) electrons. The van der Waals surface area contributed by atoms with Crippen molar-refractivity contribution in [1.82, 2.24) is 10.6 Å². The van der Waals surface area contributed by atoms with Gasteiger partial charge in [0.15, 0.2) is 0 Å². The molecule has 0 spiro atoms. The molecular formula is C10H19N2O3. The average Bonchev–Trinajstić information content (AvgIpc) is 2.00. The van der Waals surface area contributed by atoms with Gasteiger partial charge in [-0.1, -0.05) is 20.8 Å². The molecule has 87 valence electrons. The molecule has 0 aliphatic heterocycles. The Morgan fingerprint density at radius 1 is 1.40 bits per heavy atom. The van der Waals surface area contributed by atoms with Crippen molar-refractivity contribution in [3.63, 3.8) is 0 Å². The highest BCUT2D eigenvalue weighted by Gasteiger charge is 2.36. The highest BCUT2D eigenvalue weighted by atomic mass is 16.6. The molecule has 0 rings (SSSR count). The summed E-state index contributed by atoms with van der Waals surface area (Å²) in [6.45, 7) is 7.37. The molecule has 1 N–H and O–H groups in total. The van der Waals surface area contributed by atoms with Gasteiger partial charge in [-0.15, -0.1) is 0 Å². The summed E-state index contributed by atoms with van der Waals surface area (Å²) in [6.07, 6.45) is -0.571. The van der Waals surface area contributed by atoms with Crippen LogP contribution in [0.15, 0.2) is 0 Å². The molecule has 0 saturated heterocycles. The molecule has 0 aliphatic carbocycles. The Hall–Kier alpha value is -1.26. The van der Waals surface area contributed by atoms with Crippen LogP contribution in [0.25, 0.3) is 0 Å². The van der Waals surface area contributed by atoms with Gasteiger partial charge in [-0.3, -0.25) is 15.4 Å². The van der Waals surface area contributed by atoms with Crippen molar-refractivity contribution in [3.05, 3.63) is 0 Å². The van der Waals surface area contributed by atoms with Crippen molar-refractivity contribution < 1.29 is 14.3 Å². The van der Waals surface area contributed by atoms with E-state index in [0.29, 0.717) is 0 Å². The summed E-state index contributed by atoms with van der Waals surface area (Å²) in [4.78, 5) is 23.7. The fourth-order valence-corrected chi connectivity index (χ4v) is 1.48. The summed E-state index contributed by atoms with van der Waals surface area (Å²) >= 11 is 0. The molecular weight excluding hydrogens is 196 g/mol. The van der Waals surface area contributed by atoms with E-state index in [9.17, 15) is 9.59 Å². The molecule has 15 heavy (non-hydrogen) atoms. The minimum Gasteiger partial charge on any atom is -0.450 e. The number of carbonyl (C=O) groups excluding carboxylic acids is 2. The van der Waals surface area contributed by atoms with E-state index in [4.69, 9.17) is 10.5 Å². The molecule has 0 aromatic rings. The first-order valence-electron chi connectivity index (χ1n) is 4.86. The summed E-state index contributed by atoms with van der Waals surface area (Å²) in [7, 11) is 1.47. The van der Waals surface area contributed by atoms with Crippen molar-refractivity contribution in [2.45, 2.75) is 33.7 Å². The van der Waals surface area contributed by atoms with Gasteiger partial charge < -0.3 is 4.74 Å². The molecule has 2 amide bonds. The van der Waals surface area contributed by atoms with Crippen LogP contribution in [0.5, 0.6) is 0 Å². The van der Waals surface area contributed by atoms with Crippen molar-refractivity contribution in [2.24, 2.45) is 5.41 Å². The maximum absolute atomic E-state index is 11.4. The molecule has 5 heteroatoms. The maximum atomic E-state index is 11.4. The SMILES string of the molecule is CCOC(=O)N(C)C(C([NH])=O)C(C)(C)C. The molecule has 5 nitrogen and oxygen atoms in total. The number of rotatable bonds is 3. The van der Waals surface area contributed by atoms with Gasteiger partial charge in [-0.25, -0.2) is 4.79 Å². The smallest absolute Gasteiger partial charge is 0.410 e. The van der Waals surface area contributed by atoms with Crippen molar-refractivity contribution >= 4 is 12.0 Å². The summed E-state index contributed by atoms with van der Waals surface area (Å²) < 4.78 is 4.78. The number of amides is 2. The van der Waals surface area contributed by atoms with Crippen LogP contribution in [0, 0.1) is 5.41 Å². The Labute approximate surface area is 90.6 Å². The van der Waals surface area contributed by atoms with E-state index >= 15 is 0 Å². The number of hydrogen-bond donors (Lipinski definition) is 0. The predicted molar refractivity (Wildman–Crippen MR) is 56.1 cm³/mol. The number of hydrogen-bond acceptors (Lipinski definition) is 3. The van der Waals surface area contributed by atoms with E-state index in [1.807, 2.05) is 0 Å². The quantitative estimate of drug-likeness (QED) is 0.712. The van der Waals surface area contributed by atoms with Crippen LogP contribution < -0.4 is 5.73 Å². The summed E-state index contributed by atoms with van der Waals surface area (Å²) in [5, 5.41) is 0. The van der Waals surface area contributed by atoms with Crippen LogP contribution in [0.1, 0.15) is 27.7 Å². The lowest BCUT2D eigenvalue weighted by Crippen LogP contribution is -2.50. The third kappa shape index (κ3) is 3.77. The predicted octanol–water partition coefficient (Wildman–Crippen LogP) is 1.30. The van der Waals surface area contributed by atoms with E-state index in [2.05, 4.69) is 0 Å². The van der Waals surface area contributed by atoms with Crippen molar-refractivity contribution in [3.8, 4) is 0 Å². The lowest BCUT2D eigenvalue weighted by molar-refractivity contribution is -0.126. The Balaban J connectivity index is 4.79. The van der Waals surface area contributed by atoms with Gasteiger partial charge in [0, 0.05) is 7.05 Å². The molecule has 1 atom stereocenters. The van der Waals surface area contributed by atoms with Crippen LogP contribution in [0.4, 0.5) is 4.79 Å². The zero-order chi connectivity index (χ0) is 12.2.